The lowest BCUT2D eigenvalue weighted by molar-refractivity contribution is -0.143. The number of carbonyl (C=O) groups excluding carboxylic acids is 2. The number of nitrogens with one attached hydrogen (secondary N) is 2. The normalized spacial score (nSPS) is 14.4. The number of hydrogen-bond donors (Lipinski definition) is 3. The first kappa shape index (κ1) is 15.0. The molecule has 6 heteroatoms. The van der Waals surface area contributed by atoms with Gasteiger partial charge in [0.15, 0.2) is 0 Å². The van der Waals surface area contributed by atoms with Crippen molar-refractivity contribution < 1.29 is 19.5 Å². The van der Waals surface area contributed by atoms with E-state index in [1.165, 1.54) is 13.8 Å². The molecule has 1 aromatic carbocycles. The molecule has 3 N–H and O–H groups in total. The van der Waals surface area contributed by atoms with Crippen molar-refractivity contribution in [3.8, 4) is 0 Å². The van der Waals surface area contributed by atoms with E-state index < -0.39 is 17.4 Å². The van der Waals surface area contributed by atoms with Crippen LogP contribution in [0, 0.1) is 5.92 Å². The van der Waals surface area contributed by atoms with Crippen LogP contribution in [0.4, 0.5) is 5.69 Å². The fourth-order valence-electron chi connectivity index (χ4n) is 1.70. The summed E-state index contributed by atoms with van der Waals surface area (Å²) in [5.41, 5.74) is -0.370. The van der Waals surface area contributed by atoms with Gasteiger partial charge in [0.05, 0.1) is 0 Å². The molecule has 0 atom stereocenters. The Morgan fingerprint density at radius 2 is 1.71 bits per heavy atom. The van der Waals surface area contributed by atoms with Gasteiger partial charge in [-0.05, 0) is 51.0 Å². The molecular formula is C15H18N2O4. The van der Waals surface area contributed by atoms with Crippen LogP contribution in [0.15, 0.2) is 24.3 Å². The average Bonchev–Trinajstić information content (AvgIpc) is 3.23. The van der Waals surface area contributed by atoms with Crippen molar-refractivity contribution in [1.82, 2.24) is 5.32 Å². The zero-order valence-corrected chi connectivity index (χ0v) is 12.0. The summed E-state index contributed by atoms with van der Waals surface area (Å²) in [5.74, 6) is -1.46. The summed E-state index contributed by atoms with van der Waals surface area (Å²) in [6.45, 7) is 2.83. The van der Waals surface area contributed by atoms with Gasteiger partial charge in [-0.3, -0.25) is 9.59 Å². The Labute approximate surface area is 122 Å². The van der Waals surface area contributed by atoms with E-state index in [2.05, 4.69) is 10.6 Å². The molecule has 0 aliphatic heterocycles. The van der Waals surface area contributed by atoms with Gasteiger partial charge in [0.25, 0.3) is 5.91 Å². The highest BCUT2D eigenvalue weighted by molar-refractivity contribution is 5.98. The fourth-order valence-corrected chi connectivity index (χ4v) is 1.70. The minimum Gasteiger partial charge on any atom is -0.480 e. The largest absolute Gasteiger partial charge is 0.480 e. The minimum absolute atomic E-state index is 0.000730. The summed E-state index contributed by atoms with van der Waals surface area (Å²) in [7, 11) is 0. The average molecular weight is 290 g/mol. The SMILES string of the molecule is CC(C)(NC(=O)c1ccc(NC(=O)C2CC2)cc1)C(=O)O. The second kappa shape index (κ2) is 5.55. The number of carbonyl (C=O) groups is 3. The summed E-state index contributed by atoms with van der Waals surface area (Å²) < 4.78 is 0. The topological polar surface area (TPSA) is 95.5 Å². The van der Waals surface area contributed by atoms with Crippen LogP contribution in [0.1, 0.15) is 37.0 Å². The number of carboxylic acid groups (broad SMARTS) is 1. The molecule has 0 spiro atoms. The third-order valence-corrected chi connectivity index (χ3v) is 3.32. The molecule has 112 valence electrons. The van der Waals surface area contributed by atoms with Crippen molar-refractivity contribution in [1.29, 1.82) is 0 Å². The van der Waals surface area contributed by atoms with E-state index in [0.29, 0.717) is 11.3 Å². The first-order chi connectivity index (χ1) is 9.79. The number of benzene rings is 1. The Morgan fingerprint density at radius 1 is 1.14 bits per heavy atom. The van der Waals surface area contributed by atoms with Gasteiger partial charge in [0.1, 0.15) is 5.54 Å². The molecule has 0 bridgehead atoms. The number of amides is 2. The Balaban J connectivity index is 1.99. The van der Waals surface area contributed by atoms with Gasteiger partial charge in [0.2, 0.25) is 5.91 Å². The van der Waals surface area contributed by atoms with Crippen molar-refractivity contribution >= 4 is 23.5 Å². The smallest absolute Gasteiger partial charge is 0.328 e. The van der Waals surface area contributed by atoms with Gasteiger partial charge >= 0.3 is 5.97 Å². The Hall–Kier alpha value is -2.37. The van der Waals surface area contributed by atoms with Gasteiger partial charge in [-0.2, -0.15) is 0 Å². The summed E-state index contributed by atoms with van der Waals surface area (Å²) in [6.07, 6.45) is 1.85. The highest BCUT2D eigenvalue weighted by Gasteiger charge is 2.30. The van der Waals surface area contributed by atoms with E-state index in [4.69, 9.17) is 5.11 Å². The Kier molecular flexibility index (Phi) is 3.97. The Bertz CT molecular complexity index is 574. The zero-order valence-electron chi connectivity index (χ0n) is 12.0. The van der Waals surface area contributed by atoms with Crippen LogP contribution in [0.25, 0.3) is 0 Å². The highest BCUT2D eigenvalue weighted by atomic mass is 16.4. The number of hydrogen-bond acceptors (Lipinski definition) is 3. The molecule has 1 saturated carbocycles. The van der Waals surface area contributed by atoms with E-state index in [0.717, 1.165) is 12.8 Å². The number of aliphatic carboxylic acids is 1. The van der Waals surface area contributed by atoms with Crippen LogP contribution < -0.4 is 10.6 Å². The monoisotopic (exact) mass is 290 g/mol. The molecule has 0 heterocycles. The van der Waals surface area contributed by atoms with E-state index >= 15 is 0 Å². The van der Waals surface area contributed by atoms with Crippen LogP contribution in [-0.4, -0.2) is 28.4 Å². The number of carboxylic acids is 1. The lowest BCUT2D eigenvalue weighted by atomic mass is 10.1. The molecular weight excluding hydrogens is 272 g/mol. The third kappa shape index (κ3) is 3.81. The third-order valence-electron chi connectivity index (χ3n) is 3.32. The van der Waals surface area contributed by atoms with E-state index in [1.54, 1.807) is 24.3 Å². The summed E-state index contributed by atoms with van der Waals surface area (Å²) in [6, 6.07) is 6.36. The number of rotatable bonds is 5. The second-order valence-electron chi connectivity index (χ2n) is 5.73. The molecule has 21 heavy (non-hydrogen) atoms. The fraction of sp³-hybridized carbons (Fsp3) is 0.400. The summed E-state index contributed by atoms with van der Waals surface area (Å²) in [4.78, 5) is 34.5. The maximum atomic E-state index is 12.0. The van der Waals surface area contributed by atoms with Gasteiger partial charge in [0, 0.05) is 17.2 Å². The van der Waals surface area contributed by atoms with Crippen LogP contribution in [-0.2, 0) is 9.59 Å². The molecule has 1 fully saturated rings. The van der Waals surface area contributed by atoms with Gasteiger partial charge in [-0.1, -0.05) is 0 Å². The predicted octanol–water partition coefficient (Wildman–Crippen LogP) is 1.63. The van der Waals surface area contributed by atoms with Crippen molar-refractivity contribution in [2.24, 2.45) is 5.92 Å². The Morgan fingerprint density at radius 3 is 2.19 bits per heavy atom. The molecule has 0 unspecified atom stereocenters. The van der Waals surface area contributed by atoms with Gasteiger partial charge in [-0.15, -0.1) is 0 Å². The quantitative estimate of drug-likeness (QED) is 0.768. The maximum Gasteiger partial charge on any atom is 0.328 e. The molecule has 2 amide bonds. The first-order valence-corrected chi connectivity index (χ1v) is 6.76. The van der Waals surface area contributed by atoms with E-state index in [-0.39, 0.29) is 11.8 Å². The molecule has 0 aromatic heterocycles. The molecule has 6 nitrogen and oxygen atoms in total. The molecule has 1 aromatic rings. The molecule has 0 radical (unpaired) electrons. The van der Waals surface area contributed by atoms with Gasteiger partial charge in [-0.25, -0.2) is 4.79 Å². The summed E-state index contributed by atoms with van der Waals surface area (Å²) >= 11 is 0. The van der Waals surface area contributed by atoms with E-state index in [9.17, 15) is 14.4 Å². The molecule has 1 aliphatic rings. The molecule has 0 saturated heterocycles. The standard InChI is InChI=1S/C15H18N2O4/c1-15(2,14(20)21)17-13(19)10-5-7-11(8-6-10)16-12(18)9-3-4-9/h5-9H,3-4H2,1-2H3,(H,16,18)(H,17,19)(H,20,21). The predicted molar refractivity (Wildman–Crippen MR) is 77.0 cm³/mol. The maximum absolute atomic E-state index is 12.0. The van der Waals surface area contributed by atoms with Crippen LogP contribution in [0.3, 0.4) is 0 Å². The highest BCUT2D eigenvalue weighted by Crippen LogP contribution is 2.30. The second-order valence-corrected chi connectivity index (χ2v) is 5.73. The molecule has 2 rings (SSSR count). The van der Waals surface area contributed by atoms with Crippen LogP contribution in [0.2, 0.25) is 0 Å². The zero-order chi connectivity index (χ0) is 15.6. The number of anilines is 1. The summed E-state index contributed by atoms with van der Waals surface area (Å²) in [5, 5.41) is 14.2. The minimum atomic E-state index is -1.34. The van der Waals surface area contributed by atoms with Crippen molar-refractivity contribution in [3.63, 3.8) is 0 Å². The van der Waals surface area contributed by atoms with Crippen molar-refractivity contribution in [3.05, 3.63) is 29.8 Å². The van der Waals surface area contributed by atoms with Crippen molar-refractivity contribution in [2.45, 2.75) is 32.2 Å². The van der Waals surface area contributed by atoms with E-state index in [1.807, 2.05) is 0 Å². The first-order valence-electron chi connectivity index (χ1n) is 6.76. The lowest BCUT2D eigenvalue weighted by Crippen LogP contribution is -2.49. The van der Waals surface area contributed by atoms with Crippen LogP contribution in [0.5, 0.6) is 0 Å². The molecule has 1 aliphatic carbocycles. The van der Waals surface area contributed by atoms with Crippen LogP contribution >= 0.6 is 0 Å². The van der Waals surface area contributed by atoms with Crippen molar-refractivity contribution in [2.75, 3.05) is 5.32 Å². The van der Waals surface area contributed by atoms with Gasteiger partial charge < -0.3 is 15.7 Å². The lowest BCUT2D eigenvalue weighted by Gasteiger charge is -2.21.